The molecule has 0 aromatic carbocycles. The lowest BCUT2D eigenvalue weighted by Crippen LogP contribution is -2.40. The van der Waals surface area contributed by atoms with E-state index in [-0.39, 0.29) is 5.41 Å². The van der Waals surface area contributed by atoms with Crippen LogP contribution in [0.15, 0.2) is 12.3 Å². The van der Waals surface area contributed by atoms with Crippen molar-refractivity contribution in [2.75, 3.05) is 6.54 Å². The van der Waals surface area contributed by atoms with E-state index in [1.165, 1.54) is 5.69 Å². The fraction of sp³-hybridized carbons (Fsp3) is 0.824. The van der Waals surface area contributed by atoms with E-state index in [2.05, 4.69) is 70.7 Å². The molecule has 0 aliphatic rings. The van der Waals surface area contributed by atoms with E-state index in [4.69, 9.17) is 5.10 Å². The summed E-state index contributed by atoms with van der Waals surface area (Å²) >= 11 is 0. The van der Waals surface area contributed by atoms with Gasteiger partial charge in [-0.1, -0.05) is 41.5 Å². The summed E-state index contributed by atoms with van der Waals surface area (Å²) in [6.07, 6.45) is 4.28. The minimum atomic E-state index is 0.249. The van der Waals surface area contributed by atoms with Gasteiger partial charge >= 0.3 is 0 Å². The molecule has 0 amide bonds. The number of hydrogen-bond donors (Lipinski definition) is 1. The Morgan fingerprint density at radius 2 is 1.90 bits per heavy atom. The van der Waals surface area contributed by atoms with E-state index in [9.17, 15) is 0 Å². The zero-order valence-corrected chi connectivity index (χ0v) is 14.4. The third-order valence-electron chi connectivity index (χ3n) is 4.60. The lowest BCUT2D eigenvalue weighted by Gasteiger charge is -2.34. The van der Waals surface area contributed by atoms with Crippen LogP contribution in [0.4, 0.5) is 0 Å². The van der Waals surface area contributed by atoms with Gasteiger partial charge < -0.3 is 5.32 Å². The Morgan fingerprint density at radius 1 is 1.25 bits per heavy atom. The Labute approximate surface area is 125 Å². The summed E-state index contributed by atoms with van der Waals surface area (Å²) in [5.74, 6) is 0.627. The first-order valence-electron chi connectivity index (χ1n) is 8.06. The van der Waals surface area contributed by atoms with Crippen LogP contribution in [0.5, 0.6) is 0 Å². The second-order valence-electron chi connectivity index (χ2n) is 7.07. The molecule has 20 heavy (non-hydrogen) atoms. The van der Waals surface area contributed by atoms with Crippen LogP contribution in [0, 0.1) is 11.3 Å². The first-order chi connectivity index (χ1) is 9.28. The number of aromatic nitrogens is 2. The molecule has 1 heterocycles. The second kappa shape index (κ2) is 7.26. The molecule has 0 radical (unpaired) electrons. The maximum absolute atomic E-state index is 4.76. The van der Waals surface area contributed by atoms with Crippen molar-refractivity contribution < 1.29 is 0 Å². The Bertz CT molecular complexity index is 395. The zero-order chi connectivity index (χ0) is 15.3. The quantitative estimate of drug-likeness (QED) is 0.778. The molecule has 116 valence electrons. The van der Waals surface area contributed by atoms with Crippen molar-refractivity contribution >= 4 is 0 Å². The van der Waals surface area contributed by atoms with Crippen LogP contribution in [0.3, 0.4) is 0 Å². The molecule has 1 aromatic rings. The fourth-order valence-corrected chi connectivity index (χ4v) is 2.23. The normalized spacial score (nSPS) is 16.6. The summed E-state index contributed by atoms with van der Waals surface area (Å²) in [6, 6.07) is 3.20. The van der Waals surface area contributed by atoms with Gasteiger partial charge in [0.1, 0.15) is 0 Å². The molecule has 1 aromatic heterocycles. The first kappa shape index (κ1) is 17.2. The highest BCUT2D eigenvalue weighted by molar-refractivity contribution is 5.04. The number of rotatable bonds is 8. The zero-order valence-electron chi connectivity index (χ0n) is 14.4. The van der Waals surface area contributed by atoms with E-state index in [0.29, 0.717) is 18.0 Å². The van der Waals surface area contributed by atoms with Crippen molar-refractivity contribution in [3.63, 3.8) is 0 Å². The van der Waals surface area contributed by atoms with Crippen LogP contribution in [0.1, 0.15) is 66.6 Å². The molecule has 2 atom stereocenters. The minimum absolute atomic E-state index is 0.249. The fourth-order valence-electron chi connectivity index (χ4n) is 2.23. The summed E-state index contributed by atoms with van der Waals surface area (Å²) in [5, 5.41) is 8.36. The monoisotopic (exact) mass is 279 g/mol. The van der Waals surface area contributed by atoms with E-state index in [1.54, 1.807) is 0 Å². The first-order valence-corrected chi connectivity index (χ1v) is 8.06. The standard InChI is InChI=1S/C17H33N3/c1-8-15(6)20-10-9-16(19-20)11-17(7,13(2)3)12-18-14(4)5/h9-10,13-15,18H,8,11-12H2,1-7H3. The topological polar surface area (TPSA) is 29.9 Å². The van der Waals surface area contributed by atoms with Gasteiger partial charge in [0.2, 0.25) is 0 Å². The maximum atomic E-state index is 4.76. The molecular weight excluding hydrogens is 246 g/mol. The van der Waals surface area contributed by atoms with Crippen LogP contribution in [-0.2, 0) is 6.42 Å². The highest BCUT2D eigenvalue weighted by atomic mass is 15.3. The molecule has 3 nitrogen and oxygen atoms in total. The van der Waals surface area contributed by atoms with Crippen molar-refractivity contribution in [3.05, 3.63) is 18.0 Å². The van der Waals surface area contributed by atoms with Gasteiger partial charge in [0.05, 0.1) is 5.69 Å². The van der Waals surface area contributed by atoms with Crippen molar-refractivity contribution in [2.45, 2.75) is 73.4 Å². The lowest BCUT2D eigenvalue weighted by molar-refractivity contribution is 0.199. The number of nitrogens with one attached hydrogen (secondary N) is 1. The Balaban J connectivity index is 2.77. The second-order valence-corrected chi connectivity index (χ2v) is 7.07. The van der Waals surface area contributed by atoms with Gasteiger partial charge in [-0.2, -0.15) is 5.10 Å². The van der Waals surface area contributed by atoms with Crippen LogP contribution in [0.25, 0.3) is 0 Å². The highest BCUT2D eigenvalue weighted by Crippen LogP contribution is 2.30. The smallest absolute Gasteiger partial charge is 0.0630 e. The molecule has 0 aliphatic carbocycles. The SMILES string of the molecule is CCC(C)n1ccc(CC(C)(CNC(C)C)C(C)C)n1. The molecule has 0 bridgehead atoms. The van der Waals surface area contributed by atoms with Gasteiger partial charge in [0.15, 0.2) is 0 Å². The van der Waals surface area contributed by atoms with Gasteiger partial charge in [0, 0.05) is 24.8 Å². The summed E-state index contributed by atoms with van der Waals surface area (Å²) in [7, 11) is 0. The van der Waals surface area contributed by atoms with E-state index in [0.717, 1.165) is 19.4 Å². The highest BCUT2D eigenvalue weighted by Gasteiger charge is 2.29. The molecule has 1 N–H and O–H groups in total. The molecule has 0 saturated carbocycles. The largest absolute Gasteiger partial charge is 0.314 e. The summed E-state index contributed by atoms with van der Waals surface area (Å²) < 4.78 is 2.10. The molecule has 0 fully saturated rings. The molecule has 0 saturated heterocycles. The number of nitrogens with zero attached hydrogens (tertiary/aromatic N) is 2. The molecule has 0 spiro atoms. The minimum Gasteiger partial charge on any atom is -0.314 e. The van der Waals surface area contributed by atoms with Gasteiger partial charge in [-0.25, -0.2) is 0 Å². The Hall–Kier alpha value is -0.830. The van der Waals surface area contributed by atoms with Gasteiger partial charge in [0.25, 0.3) is 0 Å². The van der Waals surface area contributed by atoms with Crippen LogP contribution in [-0.4, -0.2) is 22.4 Å². The summed E-state index contributed by atoms with van der Waals surface area (Å²) in [5.41, 5.74) is 1.46. The molecular formula is C17H33N3. The molecule has 1 rings (SSSR count). The summed E-state index contributed by atoms with van der Waals surface area (Å²) in [4.78, 5) is 0. The van der Waals surface area contributed by atoms with Crippen LogP contribution >= 0.6 is 0 Å². The van der Waals surface area contributed by atoms with Crippen molar-refractivity contribution in [2.24, 2.45) is 11.3 Å². The van der Waals surface area contributed by atoms with Gasteiger partial charge in [-0.05, 0) is 37.2 Å². The van der Waals surface area contributed by atoms with Crippen LogP contribution in [0.2, 0.25) is 0 Å². The average Bonchev–Trinajstić information content (AvgIpc) is 2.83. The van der Waals surface area contributed by atoms with E-state index >= 15 is 0 Å². The van der Waals surface area contributed by atoms with Crippen LogP contribution < -0.4 is 5.32 Å². The van der Waals surface area contributed by atoms with Crippen molar-refractivity contribution in [1.82, 2.24) is 15.1 Å². The molecule has 2 unspecified atom stereocenters. The Morgan fingerprint density at radius 3 is 2.40 bits per heavy atom. The average molecular weight is 279 g/mol. The Kier molecular flexibility index (Phi) is 6.25. The van der Waals surface area contributed by atoms with E-state index in [1.807, 2.05) is 0 Å². The molecule has 3 heteroatoms. The van der Waals surface area contributed by atoms with Gasteiger partial charge in [-0.3, -0.25) is 4.68 Å². The third-order valence-corrected chi connectivity index (χ3v) is 4.60. The molecule has 0 aliphatic heterocycles. The predicted molar refractivity (Wildman–Crippen MR) is 87.0 cm³/mol. The van der Waals surface area contributed by atoms with E-state index < -0.39 is 0 Å². The maximum Gasteiger partial charge on any atom is 0.0630 e. The number of hydrogen-bond acceptors (Lipinski definition) is 2. The summed E-state index contributed by atoms with van der Waals surface area (Å²) in [6.45, 7) is 16.9. The predicted octanol–water partition coefficient (Wildman–Crippen LogP) is 4.06. The van der Waals surface area contributed by atoms with Gasteiger partial charge in [-0.15, -0.1) is 0 Å². The van der Waals surface area contributed by atoms with Crippen molar-refractivity contribution in [3.8, 4) is 0 Å². The van der Waals surface area contributed by atoms with Crippen molar-refractivity contribution in [1.29, 1.82) is 0 Å². The third kappa shape index (κ3) is 4.62. The lowest BCUT2D eigenvalue weighted by atomic mass is 9.75.